The fourth-order valence-electron chi connectivity index (χ4n) is 3.80. The van der Waals surface area contributed by atoms with Crippen molar-refractivity contribution in [3.63, 3.8) is 0 Å². The molecule has 0 aromatic heterocycles. The maximum Gasteiger partial charge on any atom is 0.0493 e. The highest BCUT2D eigenvalue weighted by Gasteiger charge is 2.21. The van der Waals surface area contributed by atoms with Gasteiger partial charge in [-0.3, -0.25) is 0 Å². The van der Waals surface area contributed by atoms with E-state index in [1.54, 1.807) is 0 Å². The minimum absolute atomic E-state index is 1.13. The molecule has 1 nitrogen and oxygen atoms in total. The van der Waals surface area contributed by atoms with Gasteiger partial charge in [-0.15, -0.1) is 0 Å². The minimum atomic E-state index is 1.13. The molecule has 0 atom stereocenters. The van der Waals surface area contributed by atoms with Gasteiger partial charge in [-0.2, -0.15) is 0 Å². The number of para-hydroxylation sites is 2. The van der Waals surface area contributed by atoms with Crippen molar-refractivity contribution in [2.75, 3.05) is 4.90 Å². The molecule has 0 aliphatic carbocycles. The Kier molecular flexibility index (Phi) is 3.86. The van der Waals surface area contributed by atoms with Crippen LogP contribution in [0.25, 0.3) is 0 Å². The molecule has 0 bridgehead atoms. The summed E-state index contributed by atoms with van der Waals surface area (Å²) in [4.78, 5) is 2.46. The topological polar surface area (TPSA) is 3.24 Å². The van der Waals surface area contributed by atoms with E-state index in [-0.39, 0.29) is 0 Å². The SMILES string of the molecule is Cc1ccc(N2c3ccccc3CCCc3ccccc32)c(C)c1. The average Bonchev–Trinajstić information content (AvgIpc) is 2.57. The van der Waals surface area contributed by atoms with Crippen LogP contribution in [0.3, 0.4) is 0 Å². The molecular weight excluding hydrogens is 290 g/mol. The van der Waals surface area contributed by atoms with Gasteiger partial charge in [0.15, 0.2) is 0 Å². The Bertz CT molecular complexity index is 831. The van der Waals surface area contributed by atoms with Gasteiger partial charge >= 0.3 is 0 Å². The van der Waals surface area contributed by atoms with Crippen LogP contribution in [-0.4, -0.2) is 0 Å². The van der Waals surface area contributed by atoms with Crippen molar-refractivity contribution in [3.8, 4) is 0 Å². The monoisotopic (exact) mass is 313 g/mol. The third-order valence-corrected chi connectivity index (χ3v) is 4.95. The highest BCUT2D eigenvalue weighted by atomic mass is 15.1. The second kappa shape index (κ2) is 6.16. The zero-order chi connectivity index (χ0) is 16.5. The van der Waals surface area contributed by atoms with E-state index in [4.69, 9.17) is 0 Å². The average molecular weight is 313 g/mol. The number of rotatable bonds is 1. The maximum atomic E-state index is 2.46. The Labute approximate surface area is 144 Å². The van der Waals surface area contributed by atoms with Crippen molar-refractivity contribution < 1.29 is 0 Å². The van der Waals surface area contributed by atoms with Gasteiger partial charge in [0.1, 0.15) is 0 Å². The maximum absolute atomic E-state index is 2.46. The molecule has 0 fully saturated rings. The number of anilines is 3. The predicted molar refractivity (Wildman–Crippen MR) is 103 cm³/mol. The van der Waals surface area contributed by atoms with Crippen LogP contribution in [-0.2, 0) is 12.8 Å². The van der Waals surface area contributed by atoms with Gasteiger partial charge in [-0.25, -0.2) is 0 Å². The third kappa shape index (κ3) is 2.60. The van der Waals surface area contributed by atoms with Crippen LogP contribution in [0.2, 0.25) is 0 Å². The fourth-order valence-corrected chi connectivity index (χ4v) is 3.80. The van der Waals surface area contributed by atoms with E-state index < -0.39 is 0 Å². The quantitative estimate of drug-likeness (QED) is 0.512. The number of hydrogen-bond donors (Lipinski definition) is 0. The Morgan fingerprint density at radius 2 is 1.25 bits per heavy atom. The number of hydrogen-bond acceptors (Lipinski definition) is 1. The van der Waals surface area contributed by atoms with E-state index in [1.807, 2.05) is 0 Å². The molecule has 0 saturated heterocycles. The lowest BCUT2D eigenvalue weighted by atomic mass is 9.96. The third-order valence-electron chi connectivity index (χ3n) is 4.95. The van der Waals surface area contributed by atoms with Crippen molar-refractivity contribution in [3.05, 3.63) is 89.0 Å². The normalized spacial score (nSPS) is 13.7. The fraction of sp³-hybridized carbons (Fsp3) is 0.217. The van der Waals surface area contributed by atoms with Crippen molar-refractivity contribution in [2.45, 2.75) is 33.1 Å². The molecule has 0 amide bonds. The largest absolute Gasteiger partial charge is 0.310 e. The van der Waals surface area contributed by atoms with E-state index in [0.717, 1.165) is 12.8 Å². The van der Waals surface area contributed by atoms with Gasteiger partial charge in [-0.05, 0) is 68.0 Å². The zero-order valence-electron chi connectivity index (χ0n) is 14.4. The molecule has 0 spiro atoms. The highest BCUT2D eigenvalue weighted by molar-refractivity contribution is 5.82. The molecule has 1 aliphatic heterocycles. The lowest BCUT2D eigenvalue weighted by molar-refractivity contribution is 0.810. The van der Waals surface area contributed by atoms with Crippen LogP contribution in [0.15, 0.2) is 66.7 Å². The molecule has 3 aromatic rings. The molecule has 1 aliphatic rings. The van der Waals surface area contributed by atoms with Crippen LogP contribution in [0.5, 0.6) is 0 Å². The summed E-state index contributed by atoms with van der Waals surface area (Å²) in [7, 11) is 0. The molecule has 3 aromatic carbocycles. The second-order valence-electron chi connectivity index (χ2n) is 6.74. The van der Waals surface area contributed by atoms with Gasteiger partial charge < -0.3 is 4.90 Å². The first-order valence-electron chi connectivity index (χ1n) is 8.77. The number of nitrogens with zero attached hydrogens (tertiary/aromatic N) is 1. The summed E-state index contributed by atoms with van der Waals surface area (Å²) < 4.78 is 0. The summed E-state index contributed by atoms with van der Waals surface area (Å²) in [5.41, 5.74) is 9.42. The van der Waals surface area contributed by atoms with Crippen molar-refractivity contribution in [1.82, 2.24) is 0 Å². The summed E-state index contributed by atoms with van der Waals surface area (Å²) >= 11 is 0. The minimum Gasteiger partial charge on any atom is -0.310 e. The predicted octanol–water partition coefficient (Wildman–Crippen LogP) is 6.26. The van der Waals surface area contributed by atoms with Crippen LogP contribution in [0, 0.1) is 13.8 Å². The zero-order valence-corrected chi connectivity index (χ0v) is 14.4. The van der Waals surface area contributed by atoms with E-state index >= 15 is 0 Å². The molecule has 0 N–H and O–H groups in total. The summed E-state index contributed by atoms with van der Waals surface area (Å²) in [5.74, 6) is 0. The molecule has 4 rings (SSSR count). The lowest BCUT2D eigenvalue weighted by Gasteiger charge is -2.32. The van der Waals surface area contributed by atoms with Crippen molar-refractivity contribution >= 4 is 17.1 Å². The highest BCUT2D eigenvalue weighted by Crippen LogP contribution is 2.42. The van der Waals surface area contributed by atoms with Gasteiger partial charge in [0.2, 0.25) is 0 Å². The second-order valence-corrected chi connectivity index (χ2v) is 6.74. The Morgan fingerprint density at radius 3 is 1.83 bits per heavy atom. The van der Waals surface area contributed by atoms with Crippen LogP contribution in [0.1, 0.15) is 28.7 Å². The molecule has 0 saturated carbocycles. The van der Waals surface area contributed by atoms with Gasteiger partial charge in [0.25, 0.3) is 0 Å². The van der Waals surface area contributed by atoms with Gasteiger partial charge in [0, 0.05) is 17.1 Å². The van der Waals surface area contributed by atoms with Gasteiger partial charge in [0.05, 0.1) is 0 Å². The Morgan fingerprint density at radius 1 is 0.667 bits per heavy atom. The number of aryl methyl sites for hydroxylation is 4. The van der Waals surface area contributed by atoms with Crippen LogP contribution < -0.4 is 4.90 Å². The van der Waals surface area contributed by atoms with Crippen LogP contribution >= 0.6 is 0 Å². The molecular formula is C23H23N. The van der Waals surface area contributed by atoms with E-state index in [1.165, 1.54) is 45.7 Å². The first kappa shape index (κ1) is 15.0. The van der Waals surface area contributed by atoms with Crippen molar-refractivity contribution in [1.29, 1.82) is 0 Å². The van der Waals surface area contributed by atoms with Gasteiger partial charge in [-0.1, -0.05) is 54.1 Å². The number of fused-ring (bicyclic) bond motifs is 2. The van der Waals surface area contributed by atoms with Crippen molar-refractivity contribution in [2.24, 2.45) is 0 Å². The molecule has 24 heavy (non-hydrogen) atoms. The first-order chi connectivity index (χ1) is 11.7. The Balaban J connectivity index is 2.00. The lowest BCUT2D eigenvalue weighted by Crippen LogP contribution is -2.17. The summed E-state index contributed by atoms with van der Waals surface area (Å²) in [5, 5.41) is 0. The van der Waals surface area contributed by atoms with E-state index in [9.17, 15) is 0 Å². The van der Waals surface area contributed by atoms with E-state index in [2.05, 4.69) is 85.5 Å². The molecule has 1 heterocycles. The van der Waals surface area contributed by atoms with Crippen LogP contribution in [0.4, 0.5) is 17.1 Å². The molecule has 120 valence electrons. The standard InChI is InChI=1S/C23H23N/c1-17-14-15-21(18(2)16-17)24-22-12-5-3-8-19(22)10-7-11-20-9-4-6-13-23(20)24/h3-6,8-9,12-16H,7,10-11H2,1-2H3. The summed E-state index contributed by atoms with van der Waals surface area (Å²) in [6.07, 6.45) is 3.46. The molecule has 0 radical (unpaired) electrons. The Hall–Kier alpha value is -2.54. The smallest absolute Gasteiger partial charge is 0.0493 e. The summed E-state index contributed by atoms with van der Waals surface area (Å²) in [6, 6.07) is 24.5. The summed E-state index contributed by atoms with van der Waals surface area (Å²) in [6.45, 7) is 4.37. The molecule has 0 unspecified atom stereocenters. The van der Waals surface area contributed by atoms with E-state index in [0.29, 0.717) is 0 Å². The first-order valence-corrected chi connectivity index (χ1v) is 8.77. The molecule has 1 heteroatoms. The number of benzene rings is 3.